The minimum absolute atomic E-state index is 0. The van der Waals surface area contributed by atoms with Crippen molar-refractivity contribution >= 4 is 29.9 Å². The Labute approximate surface area is 185 Å². The number of benzene rings is 1. The highest BCUT2D eigenvalue weighted by Gasteiger charge is 2.30. The first kappa shape index (κ1) is 25.2. The number of aryl methyl sites for hydroxylation is 2. The van der Waals surface area contributed by atoms with Crippen LogP contribution in [0.25, 0.3) is 0 Å². The molecule has 1 atom stereocenters. The van der Waals surface area contributed by atoms with Crippen LogP contribution < -0.4 is 10.6 Å². The quantitative estimate of drug-likeness (QED) is 0.233. The van der Waals surface area contributed by atoms with Crippen LogP contribution >= 0.6 is 24.0 Å². The number of nitrogens with zero attached hydrogens (tertiary/aromatic N) is 3. The van der Waals surface area contributed by atoms with Gasteiger partial charge in [-0.2, -0.15) is 18.2 Å². The van der Waals surface area contributed by atoms with E-state index in [-0.39, 0.29) is 29.9 Å². The van der Waals surface area contributed by atoms with Crippen molar-refractivity contribution in [3.05, 3.63) is 47.1 Å². The summed E-state index contributed by atoms with van der Waals surface area (Å²) in [5.41, 5.74) is 0.0631. The molecule has 1 aromatic heterocycles. The summed E-state index contributed by atoms with van der Waals surface area (Å²) in [7, 11) is 1.67. The van der Waals surface area contributed by atoms with Gasteiger partial charge in [0.1, 0.15) is 0 Å². The molecule has 2 rings (SSSR count). The molecule has 162 valence electrons. The molecule has 0 bridgehead atoms. The van der Waals surface area contributed by atoms with Crippen molar-refractivity contribution in [3.8, 4) is 0 Å². The van der Waals surface area contributed by atoms with Crippen LogP contribution in [0.15, 0.2) is 33.8 Å². The zero-order chi connectivity index (χ0) is 20.6. The van der Waals surface area contributed by atoms with Crippen molar-refractivity contribution < 1.29 is 17.7 Å². The van der Waals surface area contributed by atoms with Crippen molar-refractivity contribution in [1.29, 1.82) is 0 Å². The van der Waals surface area contributed by atoms with E-state index >= 15 is 0 Å². The molecule has 0 amide bonds. The Bertz CT molecular complexity index is 779. The summed E-state index contributed by atoms with van der Waals surface area (Å²) in [6.07, 6.45) is -2.15. The Kier molecular flexibility index (Phi) is 10.4. The summed E-state index contributed by atoms with van der Waals surface area (Å²) in [4.78, 5) is 8.29. The van der Waals surface area contributed by atoms with Crippen LogP contribution in [0.2, 0.25) is 0 Å². The Morgan fingerprint density at radius 1 is 1.24 bits per heavy atom. The Balaban J connectivity index is 0.00000420. The number of aromatic nitrogens is 2. The molecule has 1 heterocycles. The van der Waals surface area contributed by atoms with Crippen LogP contribution in [0.1, 0.15) is 48.5 Å². The zero-order valence-corrected chi connectivity index (χ0v) is 19.0. The maximum atomic E-state index is 12.8. The largest absolute Gasteiger partial charge is 0.416 e. The molecule has 29 heavy (non-hydrogen) atoms. The fourth-order valence-corrected chi connectivity index (χ4v) is 2.70. The van der Waals surface area contributed by atoms with E-state index in [0.29, 0.717) is 49.2 Å². The molecule has 0 fully saturated rings. The van der Waals surface area contributed by atoms with Crippen LogP contribution in [0, 0.1) is 6.92 Å². The summed E-state index contributed by atoms with van der Waals surface area (Å²) in [5, 5.41) is 10.1. The average molecular weight is 525 g/mol. The molecule has 1 aromatic carbocycles. The minimum atomic E-state index is -4.32. The Morgan fingerprint density at radius 3 is 2.59 bits per heavy atom. The molecule has 10 heteroatoms. The molecule has 0 spiro atoms. The van der Waals surface area contributed by atoms with Gasteiger partial charge in [-0.25, -0.2) is 0 Å². The first-order valence-electron chi connectivity index (χ1n) is 9.20. The lowest BCUT2D eigenvalue weighted by atomic mass is 9.96. The fraction of sp³-hybridized carbons (Fsp3) is 0.526. The van der Waals surface area contributed by atoms with E-state index in [2.05, 4.69) is 25.8 Å². The molecule has 1 unspecified atom stereocenters. The molecule has 0 saturated heterocycles. The van der Waals surface area contributed by atoms with Gasteiger partial charge in [0.05, 0.1) is 5.56 Å². The van der Waals surface area contributed by atoms with Gasteiger partial charge in [0.2, 0.25) is 5.89 Å². The smallest absolute Gasteiger partial charge is 0.356 e. The van der Waals surface area contributed by atoms with E-state index in [0.717, 1.165) is 12.5 Å². The van der Waals surface area contributed by atoms with Crippen LogP contribution in [0.5, 0.6) is 0 Å². The highest BCUT2D eigenvalue weighted by Crippen LogP contribution is 2.31. The number of aliphatic imine (C=N–C) groups is 1. The minimum Gasteiger partial charge on any atom is -0.356 e. The average Bonchev–Trinajstić information content (AvgIpc) is 3.08. The van der Waals surface area contributed by atoms with Crippen molar-refractivity contribution in [3.63, 3.8) is 0 Å². The van der Waals surface area contributed by atoms with Gasteiger partial charge in [-0.3, -0.25) is 4.99 Å². The zero-order valence-electron chi connectivity index (χ0n) is 16.7. The predicted molar refractivity (Wildman–Crippen MR) is 117 cm³/mol. The van der Waals surface area contributed by atoms with Gasteiger partial charge in [-0.05, 0) is 37.3 Å². The van der Waals surface area contributed by atoms with E-state index in [9.17, 15) is 13.2 Å². The molecule has 0 radical (unpaired) electrons. The molecule has 6 nitrogen and oxygen atoms in total. The molecular formula is C19H27F3IN5O. The number of alkyl halides is 3. The normalized spacial score (nSPS) is 13.0. The first-order valence-corrected chi connectivity index (χ1v) is 9.20. The number of hydrogen-bond donors (Lipinski definition) is 2. The first-order chi connectivity index (χ1) is 13.3. The standard InChI is InChI=1S/C19H26F3N5O.HI/c1-13(15-6-4-7-16(12-15)19(20,21)22)9-11-25-18(23-3)24-10-5-8-17-26-14(2)27-28-17;/h4,6-7,12-13H,5,8-11H2,1-3H3,(H2,23,24,25);1H. The third-order valence-electron chi connectivity index (χ3n) is 4.31. The van der Waals surface area contributed by atoms with Gasteiger partial charge >= 0.3 is 6.18 Å². The summed E-state index contributed by atoms with van der Waals surface area (Å²) < 4.78 is 43.6. The van der Waals surface area contributed by atoms with E-state index in [4.69, 9.17) is 4.52 Å². The van der Waals surface area contributed by atoms with Crippen LogP contribution in [-0.2, 0) is 12.6 Å². The predicted octanol–water partition coefficient (Wildman–Crippen LogP) is 4.31. The van der Waals surface area contributed by atoms with Gasteiger partial charge in [-0.15, -0.1) is 24.0 Å². The monoisotopic (exact) mass is 525 g/mol. The molecular weight excluding hydrogens is 498 g/mol. The van der Waals surface area contributed by atoms with E-state index in [1.165, 1.54) is 12.1 Å². The van der Waals surface area contributed by atoms with Crippen molar-refractivity contribution in [1.82, 2.24) is 20.8 Å². The molecule has 2 aromatic rings. The van der Waals surface area contributed by atoms with Crippen molar-refractivity contribution in [2.24, 2.45) is 4.99 Å². The van der Waals surface area contributed by atoms with E-state index in [1.807, 2.05) is 6.92 Å². The fourth-order valence-electron chi connectivity index (χ4n) is 2.70. The van der Waals surface area contributed by atoms with Gasteiger partial charge in [0, 0.05) is 26.6 Å². The number of guanidine groups is 1. The second-order valence-electron chi connectivity index (χ2n) is 6.58. The topological polar surface area (TPSA) is 75.3 Å². The highest BCUT2D eigenvalue weighted by atomic mass is 127. The maximum Gasteiger partial charge on any atom is 0.416 e. The number of nitrogens with one attached hydrogen (secondary N) is 2. The van der Waals surface area contributed by atoms with Crippen molar-refractivity contribution in [2.45, 2.75) is 45.2 Å². The van der Waals surface area contributed by atoms with E-state index in [1.54, 1.807) is 20.0 Å². The molecule has 0 aliphatic rings. The van der Waals surface area contributed by atoms with Crippen molar-refractivity contribution in [2.75, 3.05) is 20.1 Å². The lowest BCUT2D eigenvalue weighted by Crippen LogP contribution is -2.38. The van der Waals surface area contributed by atoms with Gasteiger partial charge in [-0.1, -0.05) is 30.3 Å². The summed E-state index contributed by atoms with van der Waals surface area (Å²) in [6.45, 7) is 4.97. The Morgan fingerprint density at radius 2 is 1.97 bits per heavy atom. The number of halogens is 4. The van der Waals surface area contributed by atoms with E-state index < -0.39 is 11.7 Å². The number of hydrogen-bond acceptors (Lipinski definition) is 4. The molecule has 0 saturated carbocycles. The van der Waals surface area contributed by atoms with Crippen LogP contribution in [0.3, 0.4) is 0 Å². The highest BCUT2D eigenvalue weighted by molar-refractivity contribution is 14.0. The number of rotatable bonds is 8. The second-order valence-corrected chi connectivity index (χ2v) is 6.58. The van der Waals surface area contributed by atoms with Gasteiger partial charge < -0.3 is 15.2 Å². The second kappa shape index (κ2) is 12.0. The van der Waals surface area contributed by atoms with Crippen LogP contribution in [0.4, 0.5) is 13.2 Å². The van der Waals surface area contributed by atoms with Gasteiger partial charge in [0.15, 0.2) is 11.8 Å². The molecule has 2 N–H and O–H groups in total. The molecule has 0 aliphatic carbocycles. The third kappa shape index (κ3) is 8.58. The summed E-state index contributed by atoms with van der Waals surface area (Å²) >= 11 is 0. The maximum absolute atomic E-state index is 12.8. The summed E-state index contributed by atoms with van der Waals surface area (Å²) in [5.74, 6) is 1.87. The van der Waals surface area contributed by atoms with Gasteiger partial charge in [0.25, 0.3) is 0 Å². The SMILES string of the molecule is CN=C(NCCCc1nc(C)no1)NCCC(C)c1cccc(C(F)(F)F)c1.I. The Hall–Kier alpha value is -1.85. The summed E-state index contributed by atoms with van der Waals surface area (Å²) in [6, 6.07) is 5.49. The lowest BCUT2D eigenvalue weighted by molar-refractivity contribution is -0.137. The third-order valence-corrected chi connectivity index (χ3v) is 4.31. The lowest BCUT2D eigenvalue weighted by Gasteiger charge is -2.16. The molecule has 0 aliphatic heterocycles. The van der Waals surface area contributed by atoms with Crippen LogP contribution in [-0.4, -0.2) is 36.2 Å².